The Hall–Kier alpha value is -2.35. The monoisotopic (exact) mass is 201 g/mol. The SMILES string of the molecule is O=C(O)CC#Cc1ccc2n[nH]nc2c1. The standard InChI is InChI=1S/C10H7N3O2/c14-10(15)3-1-2-7-4-5-8-9(6-7)12-13-11-8/h4-6H,3H2,(H,14,15)(H,11,12,13). The molecule has 2 rings (SSSR count). The summed E-state index contributed by atoms with van der Waals surface area (Å²) in [7, 11) is 0. The predicted octanol–water partition coefficient (Wildman–Crippen LogP) is 0.784. The number of benzene rings is 1. The van der Waals surface area contributed by atoms with Gasteiger partial charge < -0.3 is 5.11 Å². The van der Waals surface area contributed by atoms with Gasteiger partial charge in [0.2, 0.25) is 0 Å². The summed E-state index contributed by atoms with van der Waals surface area (Å²) in [6, 6.07) is 5.32. The maximum Gasteiger partial charge on any atom is 0.315 e. The van der Waals surface area contributed by atoms with Crippen LogP contribution in [-0.2, 0) is 4.79 Å². The van der Waals surface area contributed by atoms with Crippen molar-refractivity contribution in [1.29, 1.82) is 0 Å². The maximum absolute atomic E-state index is 10.2. The highest BCUT2D eigenvalue weighted by Gasteiger charge is 1.97. The van der Waals surface area contributed by atoms with Crippen LogP contribution < -0.4 is 0 Å². The number of H-pyrrole nitrogens is 1. The number of nitrogens with zero attached hydrogens (tertiary/aromatic N) is 2. The van der Waals surface area contributed by atoms with Crippen LogP contribution in [0.25, 0.3) is 11.0 Å². The average molecular weight is 201 g/mol. The third-order valence-corrected chi connectivity index (χ3v) is 1.79. The van der Waals surface area contributed by atoms with Gasteiger partial charge in [-0.05, 0) is 18.2 Å². The number of carbonyl (C=O) groups is 1. The zero-order valence-corrected chi connectivity index (χ0v) is 7.69. The summed E-state index contributed by atoms with van der Waals surface area (Å²) >= 11 is 0. The summed E-state index contributed by atoms with van der Waals surface area (Å²) < 4.78 is 0. The second-order valence-electron chi connectivity index (χ2n) is 2.90. The van der Waals surface area contributed by atoms with Crippen molar-refractivity contribution in [3.05, 3.63) is 23.8 Å². The number of fused-ring (bicyclic) bond motifs is 1. The van der Waals surface area contributed by atoms with E-state index in [1.165, 1.54) is 0 Å². The number of aromatic amines is 1. The van der Waals surface area contributed by atoms with Crippen LogP contribution in [0.4, 0.5) is 0 Å². The maximum atomic E-state index is 10.2. The summed E-state index contributed by atoms with van der Waals surface area (Å²) in [5.41, 5.74) is 2.22. The van der Waals surface area contributed by atoms with Gasteiger partial charge in [0.15, 0.2) is 0 Å². The van der Waals surface area contributed by atoms with Gasteiger partial charge in [-0.2, -0.15) is 15.4 Å². The first-order valence-electron chi connectivity index (χ1n) is 4.27. The van der Waals surface area contributed by atoms with Crippen LogP contribution in [0.5, 0.6) is 0 Å². The Balaban J connectivity index is 2.27. The summed E-state index contributed by atoms with van der Waals surface area (Å²) in [6.45, 7) is 0. The minimum absolute atomic E-state index is 0.156. The van der Waals surface area contributed by atoms with Crippen LogP contribution in [0.15, 0.2) is 18.2 Å². The van der Waals surface area contributed by atoms with Gasteiger partial charge >= 0.3 is 5.97 Å². The fraction of sp³-hybridized carbons (Fsp3) is 0.100. The Morgan fingerprint density at radius 3 is 3.00 bits per heavy atom. The van der Waals surface area contributed by atoms with Crippen molar-refractivity contribution in [2.75, 3.05) is 0 Å². The molecule has 5 nitrogen and oxygen atoms in total. The topological polar surface area (TPSA) is 78.9 Å². The highest BCUT2D eigenvalue weighted by atomic mass is 16.4. The minimum atomic E-state index is -0.926. The van der Waals surface area contributed by atoms with Crippen molar-refractivity contribution in [1.82, 2.24) is 15.4 Å². The van der Waals surface area contributed by atoms with E-state index in [-0.39, 0.29) is 6.42 Å². The molecule has 0 aliphatic carbocycles. The first-order chi connectivity index (χ1) is 7.25. The molecule has 0 spiro atoms. The highest BCUT2D eigenvalue weighted by molar-refractivity contribution is 5.75. The second-order valence-corrected chi connectivity index (χ2v) is 2.90. The quantitative estimate of drug-likeness (QED) is 0.668. The van der Waals surface area contributed by atoms with Gasteiger partial charge in [-0.15, -0.1) is 0 Å². The van der Waals surface area contributed by atoms with E-state index in [4.69, 9.17) is 5.11 Å². The number of aliphatic carboxylic acids is 1. The van der Waals surface area contributed by atoms with Crippen LogP contribution in [0, 0.1) is 11.8 Å². The van der Waals surface area contributed by atoms with Crippen LogP contribution in [0.3, 0.4) is 0 Å². The number of carboxylic acid groups (broad SMARTS) is 1. The molecule has 0 aliphatic rings. The van der Waals surface area contributed by atoms with Crippen LogP contribution in [0.1, 0.15) is 12.0 Å². The lowest BCUT2D eigenvalue weighted by molar-refractivity contribution is -0.135. The average Bonchev–Trinajstić information content (AvgIpc) is 2.64. The third kappa shape index (κ3) is 2.11. The molecule has 0 atom stereocenters. The van der Waals surface area contributed by atoms with Gasteiger partial charge in [0.05, 0.1) is 0 Å². The molecule has 2 aromatic rings. The highest BCUT2D eigenvalue weighted by Crippen LogP contribution is 2.09. The number of aromatic nitrogens is 3. The van der Waals surface area contributed by atoms with Crippen molar-refractivity contribution in [2.24, 2.45) is 0 Å². The lowest BCUT2D eigenvalue weighted by Gasteiger charge is -1.88. The Kier molecular flexibility index (Phi) is 2.33. The molecule has 0 saturated heterocycles. The van der Waals surface area contributed by atoms with Gasteiger partial charge in [-0.25, -0.2) is 0 Å². The number of carboxylic acids is 1. The molecule has 0 bridgehead atoms. The Morgan fingerprint density at radius 2 is 2.20 bits per heavy atom. The normalized spacial score (nSPS) is 9.60. The molecule has 0 unspecified atom stereocenters. The first kappa shape index (κ1) is 9.21. The molecule has 74 valence electrons. The van der Waals surface area contributed by atoms with Gasteiger partial charge in [0, 0.05) is 5.56 Å². The largest absolute Gasteiger partial charge is 0.481 e. The molecular formula is C10H7N3O2. The molecule has 1 heterocycles. The van der Waals surface area contributed by atoms with E-state index >= 15 is 0 Å². The van der Waals surface area contributed by atoms with E-state index in [1.54, 1.807) is 18.2 Å². The summed E-state index contributed by atoms with van der Waals surface area (Å²) in [6.07, 6.45) is -0.156. The Morgan fingerprint density at radius 1 is 1.40 bits per heavy atom. The van der Waals surface area contributed by atoms with E-state index in [0.717, 1.165) is 16.6 Å². The summed E-state index contributed by atoms with van der Waals surface area (Å²) in [4.78, 5) is 10.2. The van der Waals surface area contributed by atoms with Crippen molar-refractivity contribution in [3.8, 4) is 11.8 Å². The van der Waals surface area contributed by atoms with Crippen molar-refractivity contribution >= 4 is 17.0 Å². The molecule has 0 radical (unpaired) electrons. The minimum Gasteiger partial charge on any atom is -0.481 e. The van der Waals surface area contributed by atoms with Gasteiger partial charge in [0.25, 0.3) is 0 Å². The fourth-order valence-electron chi connectivity index (χ4n) is 1.14. The molecule has 0 fully saturated rings. The van der Waals surface area contributed by atoms with Gasteiger partial charge in [-0.3, -0.25) is 4.79 Å². The predicted molar refractivity (Wildman–Crippen MR) is 53.0 cm³/mol. The van der Waals surface area contributed by atoms with Gasteiger partial charge in [0.1, 0.15) is 17.5 Å². The molecule has 15 heavy (non-hydrogen) atoms. The Bertz CT molecular complexity index is 563. The van der Waals surface area contributed by atoms with E-state index in [0.29, 0.717) is 0 Å². The number of hydrogen-bond donors (Lipinski definition) is 2. The zero-order chi connectivity index (χ0) is 10.7. The lowest BCUT2D eigenvalue weighted by atomic mass is 10.2. The van der Waals surface area contributed by atoms with E-state index in [2.05, 4.69) is 27.3 Å². The van der Waals surface area contributed by atoms with Crippen LogP contribution in [0.2, 0.25) is 0 Å². The molecule has 5 heteroatoms. The number of rotatable bonds is 1. The molecule has 0 amide bonds. The lowest BCUT2D eigenvalue weighted by Crippen LogP contribution is -1.90. The molecule has 1 aromatic heterocycles. The summed E-state index contributed by atoms with van der Waals surface area (Å²) in [5.74, 6) is 4.37. The smallest absolute Gasteiger partial charge is 0.315 e. The number of nitrogens with one attached hydrogen (secondary N) is 1. The third-order valence-electron chi connectivity index (χ3n) is 1.79. The fourth-order valence-corrected chi connectivity index (χ4v) is 1.14. The zero-order valence-electron chi connectivity index (χ0n) is 7.69. The summed E-state index contributed by atoms with van der Waals surface area (Å²) in [5, 5.41) is 18.7. The molecule has 1 aromatic carbocycles. The van der Waals surface area contributed by atoms with E-state index in [1.807, 2.05) is 0 Å². The van der Waals surface area contributed by atoms with Crippen LogP contribution in [-0.4, -0.2) is 26.5 Å². The molecule has 2 N–H and O–H groups in total. The van der Waals surface area contributed by atoms with Crippen molar-refractivity contribution in [2.45, 2.75) is 6.42 Å². The number of hydrogen-bond acceptors (Lipinski definition) is 3. The Labute approximate surface area is 85.1 Å². The van der Waals surface area contributed by atoms with Crippen molar-refractivity contribution in [3.63, 3.8) is 0 Å². The molecule has 0 saturated carbocycles. The van der Waals surface area contributed by atoms with E-state index in [9.17, 15) is 4.79 Å². The first-order valence-corrected chi connectivity index (χ1v) is 4.27. The van der Waals surface area contributed by atoms with Crippen LogP contribution >= 0.6 is 0 Å². The molecular weight excluding hydrogens is 194 g/mol. The van der Waals surface area contributed by atoms with Crippen molar-refractivity contribution < 1.29 is 9.90 Å². The second kappa shape index (κ2) is 3.80. The van der Waals surface area contributed by atoms with Gasteiger partial charge in [-0.1, -0.05) is 11.8 Å². The van der Waals surface area contributed by atoms with E-state index < -0.39 is 5.97 Å². The molecule has 0 aliphatic heterocycles.